The predicted octanol–water partition coefficient (Wildman–Crippen LogP) is 1.49. The molecule has 0 aliphatic rings. The van der Waals surface area contributed by atoms with Gasteiger partial charge in [0.15, 0.2) is 0 Å². The Morgan fingerprint density at radius 2 is 2.13 bits per heavy atom. The first-order chi connectivity index (χ1) is 6.93. The van der Waals surface area contributed by atoms with Gasteiger partial charge in [0.05, 0.1) is 10.8 Å². The Balaban J connectivity index is 3.12. The number of nitro groups is 1. The topological polar surface area (TPSA) is 86.2 Å². The molecular weight excluding hydrogens is 196 g/mol. The van der Waals surface area contributed by atoms with Gasteiger partial charge in [0, 0.05) is 11.6 Å². The minimum Gasteiger partial charge on any atom is -0.369 e. The van der Waals surface area contributed by atoms with Crippen molar-refractivity contribution in [3.05, 3.63) is 39.4 Å². The zero-order chi connectivity index (χ0) is 11.6. The highest BCUT2D eigenvalue weighted by Crippen LogP contribution is 2.23. The molecule has 0 aromatic heterocycles. The number of aryl methyl sites for hydroxylation is 1. The van der Waals surface area contributed by atoms with Gasteiger partial charge in [-0.05, 0) is 25.5 Å². The van der Waals surface area contributed by atoms with Crippen molar-refractivity contribution in [2.24, 2.45) is 5.73 Å². The van der Waals surface area contributed by atoms with E-state index in [1.807, 2.05) is 0 Å². The Kier molecular flexibility index (Phi) is 3.04. The van der Waals surface area contributed by atoms with Gasteiger partial charge in [-0.3, -0.25) is 14.9 Å². The minimum absolute atomic E-state index is 0.0513. The number of carbonyl (C=O) groups excluding carboxylic acids is 1. The monoisotopic (exact) mass is 208 g/mol. The molecule has 1 rings (SSSR count). The summed E-state index contributed by atoms with van der Waals surface area (Å²) in [5, 5.41) is 10.6. The highest BCUT2D eigenvalue weighted by molar-refractivity contribution is 5.81. The summed E-state index contributed by atoms with van der Waals surface area (Å²) >= 11 is 0. The lowest BCUT2D eigenvalue weighted by Crippen LogP contribution is -2.18. The highest BCUT2D eigenvalue weighted by atomic mass is 16.6. The SMILES string of the molecule is Cc1cc(C(C)C(N)=O)ccc1[N+](=O)[O-]. The summed E-state index contributed by atoms with van der Waals surface area (Å²) in [5.41, 5.74) is 6.43. The summed E-state index contributed by atoms with van der Waals surface area (Å²) in [5.74, 6) is -0.868. The summed E-state index contributed by atoms with van der Waals surface area (Å²) in [4.78, 5) is 21.0. The van der Waals surface area contributed by atoms with Crippen LogP contribution in [0.5, 0.6) is 0 Å². The van der Waals surface area contributed by atoms with E-state index in [0.717, 1.165) is 0 Å². The van der Waals surface area contributed by atoms with E-state index >= 15 is 0 Å². The maximum Gasteiger partial charge on any atom is 0.272 e. The largest absolute Gasteiger partial charge is 0.369 e. The first kappa shape index (κ1) is 11.2. The van der Waals surface area contributed by atoms with E-state index in [-0.39, 0.29) is 5.69 Å². The third-order valence-corrected chi connectivity index (χ3v) is 2.34. The van der Waals surface area contributed by atoms with Gasteiger partial charge < -0.3 is 5.73 Å². The van der Waals surface area contributed by atoms with Crippen molar-refractivity contribution in [2.75, 3.05) is 0 Å². The first-order valence-corrected chi connectivity index (χ1v) is 4.47. The summed E-state index contributed by atoms with van der Waals surface area (Å²) in [6.45, 7) is 3.30. The van der Waals surface area contributed by atoms with Crippen LogP contribution < -0.4 is 5.73 Å². The molecule has 0 saturated carbocycles. The van der Waals surface area contributed by atoms with E-state index < -0.39 is 16.7 Å². The molecule has 2 N–H and O–H groups in total. The van der Waals surface area contributed by atoms with Crippen LogP contribution in [0.25, 0.3) is 0 Å². The van der Waals surface area contributed by atoms with E-state index in [1.165, 1.54) is 6.07 Å². The molecule has 0 bridgehead atoms. The van der Waals surface area contributed by atoms with Crippen LogP contribution in [-0.4, -0.2) is 10.8 Å². The molecular formula is C10H12N2O3. The third kappa shape index (κ3) is 2.31. The molecule has 1 amide bonds. The number of rotatable bonds is 3. The molecule has 1 aromatic carbocycles. The Hall–Kier alpha value is -1.91. The Morgan fingerprint density at radius 3 is 2.53 bits per heavy atom. The fraction of sp³-hybridized carbons (Fsp3) is 0.300. The third-order valence-electron chi connectivity index (χ3n) is 2.34. The number of hydrogen-bond acceptors (Lipinski definition) is 3. The van der Waals surface area contributed by atoms with Gasteiger partial charge in [0.1, 0.15) is 0 Å². The van der Waals surface area contributed by atoms with Crippen LogP contribution in [0.15, 0.2) is 18.2 Å². The van der Waals surface area contributed by atoms with E-state index in [1.54, 1.807) is 26.0 Å². The summed E-state index contributed by atoms with van der Waals surface area (Å²) in [6, 6.07) is 4.57. The molecule has 5 nitrogen and oxygen atoms in total. The van der Waals surface area contributed by atoms with Crippen molar-refractivity contribution in [3.63, 3.8) is 0 Å². The predicted molar refractivity (Wildman–Crippen MR) is 55.4 cm³/mol. The summed E-state index contributed by atoms with van der Waals surface area (Å²) < 4.78 is 0. The van der Waals surface area contributed by atoms with E-state index in [2.05, 4.69) is 0 Å². The van der Waals surface area contributed by atoms with Gasteiger partial charge in [0.25, 0.3) is 5.69 Å². The molecule has 0 radical (unpaired) electrons. The average molecular weight is 208 g/mol. The number of primary amides is 1. The second-order valence-electron chi connectivity index (χ2n) is 3.43. The maximum absolute atomic E-state index is 10.9. The molecule has 15 heavy (non-hydrogen) atoms. The lowest BCUT2D eigenvalue weighted by atomic mass is 9.98. The lowest BCUT2D eigenvalue weighted by Gasteiger charge is -2.08. The average Bonchev–Trinajstić information content (AvgIpc) is 2.15. The van der Waals surface area contributed by atoms with Crippen molar-refractivity contribution >= 4 is 11.6 Å². The van der Waals surface area contributed by atoms with Crippen LogP contribution in [0, 0.1) is 17.0 Å². The van der Waals surface area contributed by atoms with Crippen LogP contribution >= 0.6 is 0 Å². The van der Waals surface area contributed by atoms with Crippen molar-refractivity contribution in [2.45, 2.75) is 19.8 Å². The second kappa shape index (κ2) is 4.08. The van der Waals surface area contributed by atoms with Gasteiger partial charge in [-0.15, -0.1) is 0 Å². The maximum atomic E-state index is 10.9. The van der Waals surface area contributed by atoms with Gasteiger partial charge >= 0.3 is 0 Å². The van der Waals surface area contributed by atoms with Crippen LogP contribution in [0.2, 0.25) is 0 Å². The molecule has 1 unspecified atom stereocenters. The normalized spacial score (nSPS) is 12.1. The Bertz CT molecular complexity index is 415. The van der Waals surface area contributed by atoms with E-state index in [9.17, 15) is 14.9 Å². The highest BCUT2D eigenvalue weighted by Gasteiger charge is 2.15. The first-order valence-electron chi connectivity index (χ1n) is 4.47. The molecule has 1 atom stereocenters. The van der Waals surface area contributed by atoms with Gasteiger partial charge in [-0.25, -0.2) is 0 Å². The standard InChI is InChI=1S/C10H12N2O3/c1-6-5-8(7(2)10(11)13)3-4-9(6)12(14)15/h3-5,7H,1-2H3,(H2,11,13). The second-order valence-corrected chi connectivity index (χ2v) is 3.43. The number of nitrogens with zero attached hydrogens (tertiary/aromatic N) is 1. The van der Waals surface area contributed by atoms with Gasteiger partial charge in [-0.2, -0.15) is 0 Å². The number of nitrogens with two attached hydrogens (primary N) is 1. The number of nitro benzene ring substituents is 1. The van der Waals surface area contributed by atoms with Crippen LogP contribution in [0.3, 0.4) is 0 Å². The summed E-state index contributed by atoms with van der Waals surface area (Å²) in [6.07, 6.45) is 0. The minimum atomic E-state index is -0.450. The number of amides is 1. The molecule has 0 saturated heterocycles. The molecule has 0 fully saturated rings. The van der Waals surface area contributed by atoms with Crippen LogP contribution in [0.4, 0.5) is 5.69 Å². The smallest absolute Gasteiger partial charge is 0.272 e. The molecule has 1 aromatic rings. The molecule has 5 heteroatoms. The van der Waals surface area contributed by atoms with Gasteiger partial charge in [-0.1, -0.05) is 6.07 Å². The fourth-order valence-electron chi connectivity index (χ4n) is 1.32. The van der Waals surface area contributed by atoms with Crippen molar-refractivity contribution in [3.8, 4) is 0 Å². The molecule has 0 aliphatic heterocycles. The zero-order valence-corrected chi connectivity index (χ0v) is 8.56. The molecule has 0 heterocycles. The fourth-order valence-corrected chi connectivity index (χ4v) is 1.32. The number of carbonyl (C=O) groups is 1. The van der Waals surface area contributed by atoms with Gasteiger partial charge in [0.2, 0.25) is 5.91 Å². The summed E-state index contributed by atoms with van der Waals surface area (Å²) in [7, 11) is 0. The molecule has 0 spiro atoms. The van der Waals surface area contributed by atoms with Crippen molar-refractivity contribution in [1.29, 1.82) is 0 Å². The molecule has 80 valence electrons. The lowest BCUT2D eigenvalue weighted by molar-refractivity contribution is -0.385. The van der Waals surface area contributed by atoms with Crippen molar-refractivity contribution in [1.82, 2.24) is 0 Å². The number of hydrogen-bond donors (Lipinski definition) is 1. The Morgan fingerprint density at radius 1 is 1.53 bits per heavy atom. The van der Waals surface area contributed by atoms with Crippen LogP contribution in [0.1, 0.15) is 24.0 Å². The molecule has 0 aliphatic carbocycles. The van der Waals surface area contributed by atoms with Crippen molar-refractivity contribution < 1.29 is 9.72 Å². The number of benzene rings is 1. The van der Waals surface area contributed by atoms with E-state index in [4.69, 9.17) is 5.73 Å². The quantitative estimate of drug-likeness (QED) is 0.603. The van der Waals surface area contributed by atoms with E-state index in [0.29, 0.717) is 11.1 Å². The van der Waals surface area contributed by atoms with Crippen LogP contribution in [-0.2, 0) is 4.79 Å². The Labute approximate surface area is 87.0 Å². The zero-order valence-electron chi connectivity index (χ0n) is 8.56.